The monoisotopic (exact) mass is 354 g/mol. The molecule has 0 N–H and O–H groups in total. The Balaban J connectivity index is -0.0000000426. The zero-order valence-electron chi connectivity index (χ0n) is 11.3. The molecule has 0 bridgehead atoms. The van der Waals surface area contributed by atoms with E-state index in [4.69, 9.17) is 0 Å². The van der Waals surface area contributed by atoms with Gasteiger partial charge >= 0.3 is 45.1 Å². The van der Waals surface area contributed by atoms with Crippen LogP contribution >= 0.6 is 0 Å². The summed E-state index contributed by atoms with van der Waals surface area (Å²) in [6.45, 7) is 5.72. The maximum atomic E-state index is 3.60. The van der Waals surface area contributed by atoms with E-state index in [0.717, 1.165) is 19.3 Å². The summed E-state index contributed by atoms with van der Waals surface area (Å²) in [6, 6.07) is 0. The van der Waals surface area contributed by atoms with Crippen molar-refractivity contribution in [2.75, 3.05) is 0 Å². The van der Waals surface area contributed by atoms with Gasteiger partial charge in [0.05, 0.1) is 0 Å². The first-order valence-corrected chi connectivity index (χ1v) is 5.14. The Labute approximate surface area is 157 Å². The largest absolute Gasteiger partial charge is 4.00 e. The Morgan fingerprint density at radius 1 is 1.00 bits per heavy atom. The average Bonchev–Trinajstić information content (AvgIpc) is 2.94. The van der Waals surface area contributed by atoms with Crippen molar-refractivity contribution in [3.63, 3.8) is 0 Å². The van der Waals surface area contributed by atoms with Gasteiger partial charge in [-0.25, -0.2) is 24.3 Å². The first-order chi connectivity index (χ1) is 6.91. The van der Waals surface area contributed by atoms with Crippen LogP contribution in [0.1, 0.15) is 32.6 Å². The van der Waals surface area contributed by atoms with E-state index in [1.165, 1.54) is 6.42 Å². The number of hydrogen-bond acceptors (Lipinski definition) is 0. The third kappa shape index (κ3) is 30.2. The summed E-state index contributed by atoms with van der Waals surface area (Å²) < 4.78 is 0. The van der Waals surface area contributed by atoms with Gasteiger partial charge in [0.25, 0.3) is 0 Å². The molecule has 0 saturated carbocycles. The molecule has 0 radical (unpaired) electrons. The second kappa shape index (κ2) is 30.8. The van der Waals surface area contributed by atoms with Crippen molar-refractivity contribution in [1.82, 2.24) is 0 Å². The fraction of sp³-hybridized carbons (Fsp3) is 0.357. The number of unbranched alkanes of at least 4 members (excludes halogenated alkanes) is 1. The predicted octanol–water partition coefficient (Wildman–Crippen LogP) is -4.76. The normalized spacial score (nSPS) is 11.4. The first-order valence-electron chi connectivity index (χ1n) is 5.14. The molecule has 2 rings (SSSR count). The van der Waals surface area contributed by atoms with Gasteiger partial charge < -0.3 is 31.7 Å². The molecule has 0 heterocycles. The van der Waals surface area contributed by atoms with Gasteiger partial charge in [0, 0.05) is 0 Å². The van der Waals surface area contributed by atoms with Gasteiger partial charge in [-0.1, -0.05) is 13.3 Å². The summed E-state index contributed by atoms with van der Waals surface area (Å²) >= 11 is 0. The Kier molecular flexibility index (Phi) is 53.8. The van der Waals surface area contributed by atoms with Crippen LogP contribution in [-0.4, -0.2) is 0 Å². The molecule has 94 valence electrons. The molecule has 4 heteroatoms. The Morgan fingerprint density at radius 3 is 1.39 bits per heavy atom. The van der Waals surface area contributed by atoms with Gasteiger partial charge in [0.1, 0.15) is 0 Å². The van der Waals surface area contributed by atoms with E-state index in [-0.39, 0.29) is 69.9 Å². The molecule has 0 aliphatic heterocycles. The SMILES string of the molecule is [C-]1=CC=CC1.[C-]1=CC=CC1.[CH2-]CCC.[Cl-].[Cl-].[Li+].[Zr+4]. The number of rotatable bonds is 1. The first kappa shape index (κ1) is 31.4. The van der Waals surface area contributed by atoms with E-state index in [2.05, 4.69) is 38.2 Å². The quantitative estimate of drug-likeness (QED) is 0.327. The Hall–Kier alpha value is 1.02. The van der Waals surface area contributed by atoms with Crippen LogP contribution in [0.3, 0.4) is 0 Å². The van der Waals surface area contributed by atoms with Gasteiger partial charge in [-0.15, -0.1) is 12.8 Å². The molecular formula is C14H19Cl2LiZr. The van der Waals surface area contributed by atoms with Crippen molar-refractivity contribution in [2.45, 2.75) is 32.6 Å². The molecular weight excluding hydrogens is 337 g/mol. The topological polar surface area (TPSA) is 0 Å². The van der Waals surface area contributed by atoms with E-state index in [1.807, 2.05) is 24.3 Å². The zero-order valence-corrected chi connectivity index (χ0v) is 15.2. The Bertz CT molecular complexity index is 180. The fourth-order valence-corrected chi connectivity index (χ4v) is 0.680. The van der Waals surface area contributed by atoms with Crippen LogP contribution in [0.5, 0.6) is 0 Å². The maximum absolute atomic E-state index is 3.60. The van der Waals surface area contributed by atoms with E-state index in [1.54, 1.807) is 0 Å². The minimum atomic E-state index is 0. The van der Waals surface area contributed by atoms with Crippen molar-refractivity contribution < 1.29 is 69.9 Å². The third-order valence-electron chi connectivity index (χ3n) is 1.53. The van der Waals surface area contributed by atoms with Crippen molar-refractivity contribution in [2.24, 2.45) is 0 Å². The molecule has 0 unspecified atom stereocenters. The van der Waals surface area contributed by atoms with Crippen LogP contribution < -0.4 is 43.7 Å². The van der Waals surface area contributed by atoms with Crippen LogP contribution in [0.15, 0.2) is 36.5 Å². The second-order valence-corrected chi connectivity index (χ2v) is 2.86. The van der Waals surface area contributed by atoms with E-state index >= 15 is 0 Å². The van der Waals surface area contributed by atoms with E-state index < -0.39 is 0 Å². The van der Waals surface area contributed by atoms with Crippen molar-refractivity contribution in [3.8, 4) is 0 Å². The van der Waals surface area contributed by atoms with Crippen LogP contribution in [-0.2, 0) is 26.2 Å². The van der Waals surface area contributed by atoms with Gasteiger partial charge in [0.2, 0.25) is 0 Å². The molecule has 0 amide bonds. The smallest absolute Gasteiger partial charge is 1.00 e. The number of halogens is 2. The molecule has 2 aliphatic rings. The predicted molar refractivity (Wildman–Crippen MR) is 63.4 cm³/mol. The second-order valence-electron chi connectivity index (χ2n) is 2.86. The summed E-state index contributed by atoms with van der Waals surface area (Å²) in [5, 5.41) is 0. The maximum Gasteiger partial charge on any atom is 4.00 e. The summed E-state index contributed by atoms with van der Waals surface area (Å²) in [5.41, 5.74) is 0. The molecule has 0 nitrogen and oxygen atoms in total. The minimum Gasteiger partial charge on any atom is -1.00 e. The van der Waals surface area contributed by atoms with Crippen LogP contribution in [0.4, 0.5) is 0 Å². The third-order valence-corrected chi connectivity index (χ3v) is 1.53. The van der Waals surface area contributed by atoms with Gasteiger partial charge in [0.15, 0.2) is 0 Å². The number of hydrogen-bond donors (Lipinski definition) is 0. The standard InChI is InChI=1S/2C5H5.C4H9.2ClH.Li.Zr/c2*1-2-4-5-3-1;1-3-4-2;;;;/h2*1-3H,4H2;1,3-4H2,2H3;2*1H;;/q3*-1;;;+1;+4/p-2. The molecule has 2 aliphatic carbocycles. The van der Waals surface area contributed by atoms with Gasteiger partial charge in [-0.2, -0.15) is 18.6 Å². The summed E-state index contributed by atoms with van der Waals surface area (Å²) in [5.74, 6) is 0. The Morgan fingerprint density at radius 2 is 1.33 bits per heavy atom. The van der Waals surface area contributed by atoms with Crippen LogP contribution in [0.25, 0.3) is 0 Å². The molecule has 0 spiro atoms. The van der Waals surface area contributed by atoms with Crippen LogP contribution in [0.2, 0.25) is 0 Å². The van der Waals surface area contributed by atoms with Crippen molar-refractivity contribution >= 4 is 0 Å². The van der Waals surface area contributed by atoms with Crippen LogP contribution in [0, 0.1) is 19.1 Å². The number of allylic oxidation sites excluding steroid dienone is 8. The molecule has 0 aromatic carbocycles. The average molecular weight is 356 g/mol. The van der Waals surface area contributed by atoms with Gasteiger partial charge in [-0.3, -0.25) is 12.2 Å². The van der Waals surface area contributed by atoms with E-state index in [0.29, 0.717) is 0 Å². The van der Waals surface area contributed by atoms with E-state index in [9.17, 15) is 0 Å². The molecule has 0 aromatic rings. The summed E-state index contributed by atoms with van der Waals surface area (Å²) in [6.07, 6.45) is 22.3. The minimum absolute atomic E-state index is 0. The molecule has 0 saturated heterocycles. The fourth-order valence-electron chi connectivity index (χ4n) is 0.680. The molecule has 0 aromatic heterocycles. The summed E-state index contributed by atoms with van der Waals surface area (Å²) in [4.78, 5) is 0. The van der Waals surface area contributed by atoms with Crippen molar-refractivity contribution in [3.05, 3.63) is 55.5 Å². The van der Waals surface area contributed by atoms with Gasteiger partial charge in [-0.05, 0) is 0 Å². The molecule has 0 atom stereocenters. The molecule has 18 heavy (non-hydrogen) atoms. The molecule has 0 fully saturated rings. The zero-order chi connectivity index (χ0) is 10.5. The summed E-state index contributed by atoms with van der Waals surface area (Å²) in [7, 11) is 0. The van der Waals surface area contributed by atoms with Crippen molar-refractivity contribution in [1.29, 1.82) is 0 Å².